The predicted molar refractivity (Wildman–Crippen MR) is 92.1 cm³/mol. The molecule has 0 aliphatic carbocycles. The van der Waals surface area contributed by atoms with Crippen LogP contribution >= 0.6 is 23.2 Å². The average molecular weight is 387 g/mol. The van der Waals surface area contributed by atoms with Crippen LogP contribution in [0.1, 0.15) is 10.4 Å². The van der Waals surface area contributed by atoms with Crippen LogP contribution in [0.3, 0.4) is 0 Å². The summed E-state index contributed by atoms with van der Waals surface area (Å²) in [6.45, 7) is -0.396. The first kappa shape index (κ1) is 18.8. The molecule has 132 valence electrons. The molecule has 0 aliphatic heterocycles. The summed E-state index contributed by atoms with van der Waals surface area (Å²) in [6.07, 6.45) is 0. The lowest BCUT2D eigenvalue weighted by atomic mass is 10.1. The number of hydrogen-bond donors (Lipinski definition) is 2. The molecular weight excluding hydrogens is 374 g/mol. The minimum atomic E-state index is -0.689. The Bertz CT molecular complexity index is 830. The standard InChI is InChI=1S/C16H13Cl2FN2O4/c1-24-13-5-8(4-11(18)15(13)25-7-14(20)22)16(23)21-12-3-2-9(19)6-10(12)17/h2-6H,7H2,1H3,(H2,20,22)(H,21,23). The Balaban J connectivity index is 2.27. The minimum Gasteiger partial charge on any atom is -0.493 e. The molecule has 0 radical (unpaired) electrons. The number of hydrogen-bond acceptors (Lipinski definition) is 4. The molecule has 2 aromatic carbocycles. The van der Waals surface area contributed by atoms with Crippen LogP contribution in [-0.2, 0) is 4.79 Å². The molecule has 0 bridgehead atoms. The van der Waals surface area contributed by atoms with E-state index in [0.29, 0.717) is 0 Å². The number of primary amides is 1. The molecular formula is C16H13Cl2FN2O4. The number of amides is 2. The Morgan fingerprint density at radius 2 is 1.92 bits per heavy atom. The van der Waals surface area contributed by atoms with Crippen molar-refractivity contribution >= 4 is 40.7 Å². The van der Waals surface area contributed by atoms with Gasteiger partial charge in [-0.25, -0.2) is 4.39 Å². The highest BCUT2D eigenvalue weighted by Crippen LogP contribution is 2.36. The van der Waals surface area contributed by atoms with Crippen molar-refractivity contribution in [2.75, 3.05) is 19.0 Å². The van der Waals surface area contributed by atoms with Crippen LogP contribution in [0.25, 0.3) is 0 Å². The zero-order valence-electron chi connectivity index (χ0n) is 12.9. The maximum Gasteiger partial charge on any atom is 0.255 e. The topological polar surface area (TPSA) is 90.7 Å². The Morgan fingerprint density at radius 1 is 1.20 bits per heavy atom. The van der Waals surface area contributed by atoms with Gasteiger partial charge in [-0.05, 0) is 30.3 Å². The zero-order chi connectivity index (χ0) is 18.6. The molecule has 2 amide bonds. The van der Waals surface area contributed by atoms with Gasteiger partial charge < -0.3 is 20.5 Å². The number of carbonyl (C=O) groups is 2. The van der Waals surface area contributed by atoms with Gasteiger partial charge in [-0.15, -0.1) is 0 Å². The first-order valence-electron chi connectivity index (χ1n) is 6.87. The van der Waals surface area contributed by atoms with Crippen molar-refractivity contribution in [2.45, 2.75) is 0 Å². The third-order valence-corrected chi connectivity index (χ3v) is 3.62. The molecule has 0 aliphatic rings. The van der Waals surface area contributed by atoms with Gasteiger partial charge in [0.15, 0.2) is 18.1 Å². The van der Waals surface area contributed by atoms with E-state index in [9.17, 15) is 14.0 Å². The summed E-state index contributed by atoms with van der Waals surface area (Å²) in [5.41, 5.74) is 5.40. The van der Waals surface area contributed by atoms with Crippen LogP contribution in [0.2, 0.25) is 10.0 Å². The summed E-state index contributed by atoms with van der Waals surface area (Å²) >= 11 is 12.0. The number of rotatable bonds is 6. The Hall–Kier alpha value is -2.51. The number of nitrogens with one attached hydrogen (secondary N) is 1. The fourth-order valence-electron chi connectivity index (χ4n) is 1.92. The Labute approximate surface area is 152 Å². The molecule has 0 saturated heterocycles. The molecule has 0 fully saturated rings. The highest BCUT2D eigenvalue weighted by Gasteiger charge is 2.17. The lowest BCUT2D eigenvalue weighted by molar-refractivity contribution is -0.119. The number of benzene rings is 2. The average Bonchev–Trinajstić information content (AvgIpc) is 2.55. The summed E-state index contributed by atoms with van der Waals surface area (Å²) in [4.78, 5) is 23.2. The van der Waals surface area contributed by atoms with Crippen molar-refractivity contribution in [1.82, 2.24) is 0 Å². The van der Waals surface area contributed by atoms with Crippen LogP contribution in [-0.4, -0.2) is 25.5 Å². The van der Waals surface area contributed by atoms with Gasteiger partial charge in [-0.1, -0.05) is 23.2 Å². The SMILES string of the molecule is COc1cc(C(=O)Nc2ccc(F)cc2Cl)cc(Cl)c1OCC(N)=O. The van der Waals surface area contributed by atoms with Crippen molar-refractivity contribution in [3.05, 3.63) is 51.8 Å². The minimum absolute atomic E-state index is 0.0489. The van der Waals surface area contributed by atoms with Crippen molar-refractivity contribution in [3.63, 3.8) is 0 Å². The van der Waals surface area contributed by atoms with E-state index in [-0.39, 0.29) is 32.8 Å². The molecule has 0 saturated carbocycles. The highest BCUT2D eigenvalue weighted by molar-refractivity contribution is 6.34. The molecule has 0 atom stereocenters. The smallest absolute Gasteiger partial charge is 0.255 e. The number of halogens is 3. The highest BCUT2D eigenvalue weighted by atomic mass is 35.5. The van der Waals surface area contributed by atoms with Crippen LogP contribution in [0.5, 0.6) is 11.5 Å². The van der Waals surface area contributed by atoms with E-state index in [1.165, 1.54) is 25.3 Å². The van der Waals surface area contributed by atoms with E-state index < -0.39 is 24.2 Å². The molecule has 2 rings (SSSR count). The maximum atomic E-state index is 13.1. The third-order valence-electron chi connectivity index (χ3n) is 3.03. The van der Waals surface area contributed by atoms with E-state index in [4.69, 9.17) is 38.4 Å². The van der Waals surface area contributed by atoms with Gasteiger partial charge in [0.2, 0.25) is 0 Å². The van der Waals surface area contributed by atoms with Crippen molar-refractivity contribution in [2.24, 2.45) is 5.73 Å². The second-order valence-electron chi connectivity index (χ2n) is 4.82. The number of methoxy groups -OCH3 is 1. The van der Waals surface area contributed by atoms with Crippen LogP contribution in [0, 0.1) is 5.82 Å². The Kier molecular flexibility index (Phi) is 6.06. The van der Waals surface area contributed by atoms with Gasteiger partial charge >= 0.3 is 0 Å². The number of anilines is 1. The summed E-state index contributed by atoms with van der Waals surface area (Å²) in [7, 11) is 1.35. The van der Waals surface area contributed by atoms with Gasteiger partial charge in [-0.2, -0.15) is 0 Å². The zero-order valence-corrected chi connectivity index (χ0v) is 14.4. The molecule has 0 spiro atoms. The third kappa shape index (κ3) is 4.74. The fourth-order valence-corrected chi connectivity index (χ4v) is 2.40. The number of ether oxygens (including phenoxy) is 2. The van der Waals surface area contributed by atoms with Crippen molar-refractivity contribution in [3.8, 4) is 11.5 Å². The molecule has 0 unspecified atom stereocenters. The molecule has 2 aromatic rings. The van der Waals surface area contributed by atoms with Crippen LogP contribution < -0.4 is 20.5 Å². The first-order valence-corrected chi connectivity index (χ1v) is 7.62. The van der Waals surface area contributed by atoms with Crippen LogP contribution in [0.15, 0.2) is 30.3 Å². The molecule has 0 aromatic heterocycles. The number of nitrogens with two attached hydrogens (primary N) is 1. The van der Waals surface area contributed by atoms with Gasteiger partial charge in [0.05, 0.1) is 22.8 Å². The first-order chi connectivity index (χ1) is 11.8. The lowest BCUT2D eigenvalue weighted by Crippen LogP contribution is -2.20. The van der Waals surface area contributed by atoms with Gasteiger partial charge in [0.25, 0.3) is 11.8 Å². The van der Waals surface area contributed by atoms with Crippen molar-refractivity contribution in [1.29, 1.82) is 0 Å². The lowest BCUT2D eigenvalue weighted by Gasteiger charge is -2.13. The molecule has 0 heterocycles. The molecule has 3 N–H and O–H groups in total. The van der Waals surface area contributed by atoms with Crippen LogP contribution in [0.4, 0.5) is 10.1 Å². The van der Waals surface area contributed by atoms with E-state index in [2.05, 4.69) is 5.32 Å². The second kappa shape index (κ2) is 8.04. The van der Waals surface area contributed by atoms with E-state index >= 15 is 0 Å². The quantitative estimate of drug-likeness (QED) is 0.796. The fraction of sp³-hybridized carbons (Fsp3) is 0.125. The van der Waals surface area contributed by atoms with E-state index in [0.717, 1.165) is 12.1 Å². The van der Waals surface area contributed by atoms with Gasteiger partial charge in [0, 0.05) is 5.56 Å². The number of carbonyl (C=O) groups excluding carboxylic acids is 2. The second-order valence-corrected chi connectivity index (χ2v) is 5.64. The molecule has 6 nitrogen and oxygen atoms in total. The summed E-state index contributed by atoms with van der Waals surface area (Å²) in [5, 5.41) is 2.64. The van der Waals surface area contributed by atoms with E-state index in [1.54, 1.807) is 0 Å². The van der Waals surface area contributed by atoms with Gasteiger partial charge in [-0.3, -0.25) is 9.59 Å². The normalized spacial score (nSPS) is 10.2. The predicted octanol–water partition coefficient (Wildman–Crippen LogP) is 3.26. The monoisotopic (exact) mass is 386 g/mol. The van der Waals surface area contributed by atoms with Gasteiger partial charge in [0.1, 0.15) is 5.82 Å². The maximum absolute atomic E-state index is 13.1. The van der Waals surface area contributed by atoms with Crippen molar-refractivity contribution < 1.29 is 23.5 Å². The molecule has 9 heteroatoms. The molecule has 25 heavy (non-hydrogen) atoms. The summed E-state index contributed by atoms with van der Waals surface area (Å²) < 4.78 is 23.4. The summed E-state index contributed by atoms with van der Waals surface area (Å²) in [6, 6.07) is 6.27. The summed E-state index contributed by atoms with van der Waals surface area (Å²) in [5.74, 6) is -1.53. The Morgan fingerprint density at radius 3 is 2.52 bits per heavy atom. The van der Waals surface area contributed by atoms with E-state index in [1.807, 2.05) is 0 Å². The largest absolute Gasteiger partial charge is 0.493 e.